The third-order valence-electron chi connectivity index (χ3n) is 7.34. The molecule has 41 heavy (non-hydrogen) atoms. The average molecular weight is 578 g/mol. The standard InChI is InChI=1S/C32H36FN3O4S/c1-32(2,23-8-13-28(37-3)29(20-23)38-4)30-22-34-31(36(30)25-11-9-24(33)10-12-25)41-19-18-40-27-7-5-6-26(21-27)35-14-16-39-17-15-35/h5-13,20-22H,14-19H2,1-4H3. The first-order valence-corrected chi connectivity index (χ1v) is 14.6. The van der Waals surface area contributed by atoms with Crippen molar-refractivity contribution in [3.63, 3.8) is 0 Å². The maximum atomic E-state index is 13.9. The highest BCUT2D eigenvalue weighted by Crippen LogP contribution is 2.39. The summed E-state index contributed by atoms with van der Waals surface area (Å²) >= 11 is 1.60. The lowest BCUT2D eigenvalue weighted by molar-refractivity contribution is 0.122. The molecule has 0 atom stereocenters. The van der Waals surface area contributed by atoms with Crippen molar-refractivity contribution in [1.82, 2.24) is 9.55 Å². The van der Waals surface area contributed by atoms with E-state index in [1.807, 2.05) is 36.5 Å². The third kappa shape index (κ3) is 6.47. The second-order valence-electron chi connectivity index (χ2n) is 10.2. The highest BCUT2D eigenvalue weighted by atomic mass is 32.2. The SMILES string of the molecule is COc1ccc(C(C)(C)c2cnc(SCCOc3cccc(N4CCOCC4)c3)n2-c2ccc(F)cc2)cc1OC. The number of anilines is 1. The molecule has 7 nitrogen and oxygen atoms in total. The number of morpholine rings is 1. The Labute approximate surface area is 245 Å². The Morgan fingerprint density at radius 1 is 0.927 bits per heavy atom. The van der Waals surface area contributed by atoms with Crippen LogP contribution >= 0.6 is 11.8 Å². The Hall–Kier alpha value is -3.69. The first kappa shape index (κ1) is 28.8. The molecule has 0 saturated carbocycles. The summed E-state index contributed by atoms with van der Waals surface area (Å²) in [6.45, 7) is 8.05. The lowest BCUT2D eigenvalue weighted by Gasteiger charge is -2.29. The number of hydrogen-bond donors (Lipinski definition) is 0. The van der Waals surface area contributed by atoms with Crippen LogP contribution in [-0.4, -0.2) is 62.4 Å². The molecule has 2 heterocycles. The molecule has 216 valence electrons. The molecule has 4 aromatic rings. The van der Waals surface area contributed by atoms with Crippen LogP contribution in [-0.2, 0) is 10.2 Å². The summed E-state index contributed by atoms with van der Waals surface area (Å²) in [6, 6.07) is 20.6. The van der Waals surface area contributed by atoms with Gasteiger partial charge in [-0.3, -0.25) is 4.57 Å². The van der Waals surface area contributed by atoms with Crippen LogP contribution in [0.15, 0.2) is 78.1 Å². The molecule has 0 unspecified atom stereocenters. The molecule has 1 aliphatic heterocycles. The van der Waals surface area contributed by atoms with Gasteiger partial charge in [-0.15, -0.1) is 0 Å². The van der Waals surface area contributed by atoms with Crippen LogP contribution in [0.4, 0.5) is 10.1 Å². The zero-order valence-corrected chi connectivity index (χ0v) is 24.7. The minimum atomic E-state index is -0.448. The van der Waals surface area contributed by atoms with Gasteiger partial charge in [-0.2, -0.15) is 0 Å². The number of methoxy groups -OCH3 is 2. The quantitative estimate of drug-likeness (QED) is 0.152. The molecule has 1 aliphatic rings. The van der Waals surface area contributed by atoms with E-state index in [-0.39, 0.29) is 5.82 Å². The molecule has 9 heteroatoms. The van der Waals surface area contributed by atoms with Crippen LogP contribution in [0.25, 0.3) is 5.69 Å². The van der Waals surface area contributed by atoms with Crippen LogP contribution < -0.4 is 19.1 Å². The van der Waals surface area contributed by atoms with Crippen LogP contribution in [0.3, 0.4) is 0 Å². The fourth-order valence-corrected chi connectivity index (χ4v) is 5.78. The summed E-state index contributed by atoms with van der Waals surface area (Å²) < 4.78 is 38.6. The highest BCUT2D eigenvalue weighted by Gasteiger charge is 2.30. The first-order chi connectivity index (χ1) is 19.9. The molecule has 0 spiro atoms. The molecule has 0 amide bonds. The number of aromatic nitrogens is 2. The first-order valence-electron chi connectivity index (χ1n) is 13.7. The molecule has 1 fully saturated rings. The van der Waals surface area contributed by atoms with Gasteiger partial charge >= 0.3 is 0 Å². The zero-order chi connectivity index (χ0) is 28.8. The Bertz CT molecular complexity index is 1450. The lowest BCUT2D eigenvalue weighted by atomic mass is 9.81. The molecule has 1 aromatic heterocycles. The van der Waals surface area contributed by atoms with Crippen molar-refractivity contribution >= 4 is 17.4 Å². The summed E-state index contributed by atoms with van der Waals surface area (Å²) in [5.74, 6) is 2.58. The van der Waals surface area contributed by atoms with Crippen molar-refractivity contribution in [2.24, 2.45) is 0 Å². The predicted octanol–water partition coefficient (Wildman–Crippen LogP) is 6.36. The van der Waals surface area contributed by atoms with Crippen LogP contribution in [0, 0.1) is 5.82 Å². The Kier molecular flexibility index (Phi) is 9.05. The minimum Gasteiger partial charge on any atom is -0.493 e. The smallest absolute Gasteiger partial charge is 0.172 e. The fraction of sp³-hybridized carbons (Fsp3) is 0.344. The van der Waals surface area contributed by atoms with E-state index >= 15 is 0 Å². The molecule has 1 saturated heterocycles. The summed E-state index contributed by atoms with van der Waals surface area (Å²) in [5, 5.41) is 0.811. The normalized spacial score (nSPS) is 13.7. The van der Waals surface area contributed by atoms with Crippen LogP contribution in [0.5, 0.6) is 17.2 Å². The second-order valence-corrected chi connectivity index (χ2v) is 11.3. The summed E-state index contributed by atoms with van der Waals surface area (Å²) in [5.41, 5.74) is 3.55. The minimum absolute atomic E-state index is 0.281. The number of imidazole rings is 1. The monoisotopic (exact) mass is 577 g/mol. The Balaban J connectivity index is 1.36. The van der Waals surface area contributed by atoms with E-state index in [2.05, 4.69) is 35.4 Å². The van der Waals surface area contributed by atoms with Crippen molar-refractivity contribution in [1.29, 1.82) is 0 Å². The maximum absolute atomic E-state index is 13.9. The largest absolute Gasteiger partial charge is 0.493 e. The summed E-state index contributed by atoms with van der Waals surface area (Å²) in [6.07, 6.45) is 1.90. The highest BCUT2D eigenvalue weighted by molar-refractivity contribution is 7.99. The molecule has 0 radical (unpaired) electrons. The van der Waals surface area contributed by atoms with Gasteiger partial charge in [-0.1, -0.05) is 37.7 Å². The summed E-state index contributed by atoms with van der Waals surface area (Å²) in [4.78, 5) is 7.12. The number of nitrogens with zero attached hydrogens (tertiary/aromatic N) is 3. The second kappa shape index (κ2) is 12.9. The van der Waals surface area contributed by atoms with E-state index in [9.17, 15) is 4.39 Å². The van der Waals surface area contributed by atoms with Crippen molar-refractivity contribution in [2.45, 2.75) is 24.4 Å². The van der Waals surface area contributed by atoms with Gasteiger partial charge in [0.25, 0.3) is 0 Å². The van der Waals surface area contributed by atoms with E-state index in [1.165, 1.54) is 12.1 Å². The molecule has 0 bridgehead atoms. The topological polar surface area (TPSA) is 58.0 Å². The van der Waals surface area contributed by atoms with E-state index < -0.39 is 5.41 Å². The van der Waals surface area contributed by atoms with E-state index in [0.717, 1.165) is 59.8 Å². The van der Waals surface area contributed by atoms with Gasteiger partial charge < -0.3 is 23.8 Å². The Morgan fingerprint density at radius 2 is 1.68 bits per heavy atom. The van der Waals surface area contributed by atoms with Gasteiger partial charge in [0.2, 0.25) is 0 Å². The van der Waals surface area contributed by atoms with Crippen LogP contribution in [0.2, 0.25) is 0 Å². The lowest BCUT2D eigenvalue weighted by Crippen LogP contribution is -2.36. The molecule has 5 rings (SSSR count). The molecule has 0 N–H and O–H groups in total. The van der Waals surface area contributed by atoms with Gasteiger partial charge in [0.15, 0.2) is 16.7 Å². The predicted molar refractivity (Wildman–Crippen MR) is 161 cm³/mol. The van der Waals surface area contributed by atoms with Crippen molar-refractivity contribution < 1.29 is 23.3 Å². The number of rotatable bonds is 11. The summed E-state index contributed by atoms with van der Waals surface area (Å²) in [7, 11) is 3.26. The van der Waals surface area contributed by atoms with Gasteiger partial charge in [-0.05, 0) is 54.1 Å². The average Bonchev–Trinajstić information content (AvgIpc) is 3.44. The molecule has 3 aromatic carbocycles. The number of hydrogen-bond acceptors (Lipinski definition) is 7. The number of halogens is 1. The Morgan fingerprint density at radius 3 is 2.41 bits per heavy atom. The van der Waals surface area contributed by atoms with E-state index in [0.29, 0.717) is 23.9 Å². The fourth-order valence-electron chi connectivity index (χ4n) is 4.97. The number of ether oxygens (including phenoxy) is 4. The van der Waals surface area contributed by atoms with E-state index in [1.54, 1.807) is 38.1 Å². The van der Waals surface area contributed by atoms with Crippen molar-refractivity contribution in [2.75, 3.05) is 57.8 Å². The van der Waals surface area contributed by atoms with Crippen LogP contribution in [0.1, 0.15) is 25.1 Å². The number of benzene rings is 3. The molecular weight excluding hydrogens is 541 g/mol. The van der Waals surface area contributed by atoms with Crippen molar-refractivity contribution in [3.05, 3.63) is 90.0 Å². The number of thioether (sulfide) groups is 1. The van der Waals surface area contributed by atoms with Crippen molar-refractivity contribution in [3.8, 4) is 22.9 Å². The molecular formula is C32H36FN3O4S. The van der Waals surface area contributed by atoms with Gasteiger partial charge in [0.1, 0.15) is 11.6 Å². The molecule has 0 aliphatic carbocycles. The maximum Gasteiger partial charge on any atom is 0.172 e. The zero-order valence-electron chi connectivity index (χ0n) is 23.9. The van der Waals surface area contributed by atoms with Gasteiger partial charge in [0, 0.05) is 41.7 Å². The van der Waals surface area contributed by atoms with Gasteiger partial charge in [-0.25, -0.2) is 9.37 Å². The van der Waals surface area contributed by atoms with E-state index in [4.69, 9.17) is 23.9 Å². The third-order valence-corrected chi connectivity index (χ3v) is 8.25. The van der Waals surface area contributed by atoms with Gasteiger partial charge in [0.05, 0.1) is 45.9 Å².